The van der Waals surface area contributed by atoms with Crippen LogP contribution in [-0.4, -0.2) is 22.2 Å². The van der Waals surface area contributed by atoms with E-state index in [1.54, 1.807) is 0 Å². The predicted molar refractivity (Wildman–Crippen MR) is 63.2 cm³/mol. The number of carboxylic acid groups (broad SMARTS) is 1. The molecule has 1 aromatic rings. The maximum Gasteiger partial charge on any atom is 0.341 e. The Balaban J connectivity index is 2.11. The Labute approximate surface area is 105 Å². The molecule has 1 saturated carbocycles. The van der Waals surface area contributed by atoms with Gasteiger partial charge in [0.2, 0.25) is 5.88 Å². The van der Waals surface area contributed by atoms with Crippen molar-refractivity contribution < 1.29 is 19.0 Å². The Kier molecular flexibility index (Phi) is 3.79. The average Bonchev–Trinajstić information content (AvgIpc) is 2.34. The van der Waals surface area contributed by atoms with Crippen molar-refractivity contribution in [3.8, 4) is 5.88 Å². The smallest absolute Gasteiger partial charge is 0.341 e. The molecular weight excluding hydrogens is 237 g/mol. The molecule has 0 atom stereocenters. The first-order valence-electron chi connectivity index (χ1n) is 6.11. The quantitative estimate of drug-likeness (QED) is 0.899. The molecule has 1 aromatic heterocycles. The lowest BCUT2D eigenvalue weighted by Crippen LogP contribution is -2.24. The molecule has 0 aliphatic heterocycles. The molecule has 1 fully saturated rings. The van der Waals surface area contributed by atoms with Crippen LogP contribution in [0.3, 0.4) is 0 Å². The van der Waals surface area contributed by atoms with Gasteiger partial charge >= 0.3 is 5.97 Å². The molecule has 0 spiro atoms. The Morgan fingerprint density at radius 3 is 2.72 bits per heavy atom. The summed E-state index contributed by atoms with van der Waals surface area (Å²) in [6, 6.07) is 0.941. The largest absolute Gasteiger partial charge is 0.477 e. The minimum atomic E-state index is -1.22. The second-order valence-electron chi connectivity index (χ2n) is 4.81. The first-order chi connectivity index (χ1) is 8.56. The molecule has 0 bridgehead atoms. The minimum Gasteiger partial charge on any atom is -0.477 e. The van der Waals surface area contributed by atoms with Crippen molar-refractivity contribution in [3.05, 3.63) is 23.6 Å². The molecule has 18 heavy (non-hydrogen) atoms. The third-order valence-electron chi connectivity index (χ3n) is 3.29. The third-order valence-corrected chi connectivity index (χ3v) is 3.29. The molecule has 0 radical (unpaired) electrons. The summed E-state index contributed by atoms with van der Waals surface area (Å²) in [6.45, 7) is 2.19. The summed E-state index contributed by atoms with van der Waals surface area (Å²) in [5, 5.41) is 8.97. The summed E-state index contributed by atoms with van der Waals surface area (Å²) in [5.74, 6) is -1.19. The molecule has 5 heteroatoms. The van der Waals surface area contributed by atoms with Crippen LogP contribution < -0.4 is 4.74 Å². The number of halogens is 1. The number of carboxylic acids is 1. The van der Waals surface area contributed by atoms with E-state index in [1.807, 2.05) is 0 Å². The van der Waals surface area contributed by atoms with Gasteiger partial charge in [0, 0.05) is 0 Å². The fourth-order valence-electron chi connectivity index (χ4n) is 2.18. The molecule has 0 saturated heterocycles. The van der Waals surface area contributed by atoms with Crippen molar-refractivity contribution >= 4 is 5.97 Å². The van der Waals surface area contributed by atoms with Crippen LogP contribution in [0.25, 0.3) is 0 Å². The van der Waals surface area contributed by atoms with E-state index < -0.39 is 11.8 Å². The Hall–Kier alpha value is -1.65. The highest BCUT2D eigenvalue weighted by Crippen LogP contribution is 2.27. The van der Waals surface area contributed by atoms with Crippen molar-refractivity contribution in [2.75, 3.05) is 0 Å². The fourth-order valence-corrected chi connectivity index (χ4v) is 2.18. The van der Waals surface area contributed by atoms with Gasteiger partial charge < -0.3 is 9.84 Å². The predicted octanol–water partition coefficient (Wildman–Crippen LogP) is 2.88. The highest BCUT2D eigenvalue weighted by molar-refractivity contribution is 5.90. The Bertz CT molecular complexity index is 442. The molecule has 1 heterocycles. The van der Waals surface area contributed by atoms with Crippen LogP contribution in [0.1, 0.15) is 43.0 Å². The van der Waals surface area contributed by atoms with Gasteiger partial charge in [-0.1, -0.05) is 6.92 Å². The maximum atomic E-state index is 13.0. The van der Waals surface area contributed by atoms with Crippen LogP contribution in [0.5, 0.6) is 5.88 Å². The van der Waals surface area contributed by atoms with Gasteiger partial charge in [0.1, 0.15) is 17.5 Å². The zero-order valence-electron chi connectivity index (χ0n) is 10.2. The zero-order chi connectivity index (χ0) is 13.1. The summed E-state index contributed by atoms with van der Waals surface area (Å²) < 4.78 is 18.5. The van der Waals surface area contributed by atoms with Gasteiger partial charge in [0.25, 0.3) is 0 Å². The average molecular weight is 253 g/mol. The van der Waals surface area contributed by atoms with E-state index in [9.17, 15) is 9.18 Å². The van der Waals surface area contributed by atoms with Gasteiger partial charge in [-0.25, -0.2) is 14.2 Å². The van der Waals surface area contributed by atoms with Crippen molar-refractivity contribution in [3.63, 3.8) is 0 Å². The molecule has 1 aliphatic carbocycles. The van der Waals surface area contributed by atoms with E-state index >= 15 is 0 Å². The Morgan fingerprint density at radius 2 is 2.11 bits per heavy atom. The molecule has 1 aliphatic rings. The van der Waals surface area contributed by atoms with E-state index in [0.29, 0.717) is 5.92 Å². The third kappa shape index (κ3) is 2.97. The molecule has 0 unspecified atom stereocenters. The van der Waals surface area contributed by atoms with Gasteiger partial charge in [-0.15, -0.1) is 0 Å². The fraction of sp³-hybridized carbons (Fsp3) is 0.538. The van der Waals surface area contributed by atoms with Crippen molar-refractivity contribution in [2.45, 2.75) is 38.7 Å². The number of aromatic carboxylic acids is 1. The summed E-state index contributed by atoms with van der Waals surface area (Å²) >= 11 is 0. The molecule has 2 rings (SSSR count). The van der Waals surface area contributed by atoms with Crippen molar-refractivity contribution in [1.82, 2.24) is 4.98 Å². The van der Waals surface area contributed by atoms with Crippen LogP contribution in [0.2, 0.25) is 0 Å². The van der Waals surface area contributed by atoms with E-state index in [4.69, 9.17) is 9.84 Å². The monoisotopic (exact) mass is 253 g/mol. The lowest BCUT2D eigenvalue weighted by Gasteiger charge is -2.26. The highest BCUT2D eigenvalue weighted by Gasteiger charge is 2.22. The number of nitrogens with zero attached hydrogens (tertiary/aromatic N) is 1. The molecule has 0 amide bonds. The first kappa shape index (κ1) is 12.8. The lowest BCUT2D eigenvalue weighted by atomic mass is 9.89. The SMILES string of the molecule is CC1CCC(Oc2ncc(F)cc2C(=O)O)CC1. The van der Waals surface area contributed by atoms with Crippen molar-refractivity contribution in [2.24, 2.45) is 5.92 Å². The molecule has 98 valence electrons. The van der Waals surface area contributed by atoms with Gasteiger partial charge in [0.15, 0.2) is 0 Å². The molecule has 0 aromatic carbocycles. The van der Waals surface area contributed by atoms with Crippen LogP contribution in [0.15, 0.2) is 12.3 Å². The molecular formula is C13H16FNO3. The number of pyridine rings is 1. The summed E-state index contributed by atoms with van der Waals surface area (Å²) in [5.41, 5.74) is -0.214. The van der Waals surface area contributed by atoms with Crippen LogP contribution in [0.4, 0.5) is 4.39 Å². The number of rotatable bonds is 3. The number of hydrogen-bond acceptors (Lipinski definition) is 3. The van der Waals surface area contributed by atoms with Gasteiger partial charge in [0.05, 0.1) is 6.20 Å². The van der Waals surface area contributed by atoms with E-state index in [0.717, 1.165) is 37.9 Å². The highest BCUT2D eigenvalue weighted by atomic mass is 19.1. The maximum absolute atomic E-state index is 13.0. The summed E-state index contributed by atoms with van der Waals surface area (Å²) in [6.07, 6.45) is 4.87. The van der Waals surface area contributed by atoms with Crippen molar-refractivity contribution in [1.29, 1.82) is 0 Å². The van der Waals surface area contributed by atoms with Crippen LogP contribution >= 0.6 is 0 Å². The number of ether oxygens (including phenoxy) is 1. The normalized spacial score (nSPS) is 23.7. The zero-order valence-corrected chi connectivity index (χ0v) is 10.2. The summed E-state index contributed by atoms with van der Waals surface area (Å²) in [7, 11) is 0. The van der Waals surface area contributed by atoms with Crippen LogP contribution in [0, 0.1) is 11.7 Å². The standard InChI is InChI=1S/C13H16FNO3/c1-8-2-4-10(5-3-8)18-12-11(13(16)17)6-9(14)7-15-12/h6-8,10H,2-5H2,1H3,(H,16,17). The van der Waals surface area contributed by atoms with Gasteiger partial charge in [-0.2, -0.15) is 0 Å². The second kappa shape index (κ2) is 5.33. The van der Waals surface area contributed by atoms with Gasteiger partial charge in [-0.05, 0) is 37.7 Å². The second-order valence-corrected chi connectivity index (χ2v) is 4.81. The van der Waals surface area contributed by atoms with Gasteiger partial charge in [-0.3, -0.25) is 0 Å². The number of hydrogen-bond donors (Lipinski definition) is 1. The van der Waals surface area contributed by atoms with Crippen LogP contribution in [-0.2, 0) is 0 Å². The van der Waals surface area contributed by atoms with E-state index in [2.05, 4.69) is 11.9 Å². The molecule has 4 nitrogen and oxygen atoms in total. The minimum absolute atomic E-state index is 0.0164. The summed E-state index contributed by atoms with van der Waals surface area (Å²) in [4.78, 5) is 14.7. The van der Waals surface area contributed by atoms with E-state index in [1.165, 1.54) is 0 Å². The number of aromatic nitrogens is 1. The van der Waals surface area contributed by atoms with E-state index in [-0.39, 0.29) is 17.5 Å². The lowest BCUT2D eigenvalue weighted by molar-refractivity contribution is 0.0680. The Morgan fingerprint density at radius 1 is 1.44 bits per heavy atom. The first-order valence-corrected chi connectivity index (χ1v) is 6.11. The number of carbonyl (C=O) groups is 1. The topological polar surface area (TPSA) is 59.4 Å². The molecule has 1 N–H and O–H groups in total.